The minimum Gasteiger partial charge on any atom is -0.469 e. The van der Waals surface area contributed by atoms with Crippen LogP contribution >= 0.6 is 23.4 Å². The van der Waals surface area contributed by atoms with Crippen LogP contribution in [0.3, 0.4) is 0 Å². The van der Waals surface area contributed by atoms with Gasteiger partial charge in [0.15, 0.2) is 0 Å². The smallest absolute Gasteiger partial charge is 0.307 e. The minimum atomic E-state index is -0.302. The molecule has 0 fully saturated rings. The van der Waals surface area contributed by atoms with E-state index < -0.39 is 0 Å². The van der Waals surface area contributed by atoms with Gasteiger partial charge in [0.05, 0.1) is 18.6 Å². The van der Waals surface area contributed by atoms with Crippen molar-refractivity contribution in [3.8, 4) is 0 Å². The predicted molar refractivity (Wildman–Crippen MR) is 90.3 cm³/mol. The lowest BCUT2D eigenvalue weighted by Gasteiger charge is -2.26. The second-order valence-electron chi connectivity index (χ2n) is 5.04. The molecule has 0 saturated carbocycles. The van der Waals surface area contributed by atoms with E-state index in [0.29, 0.717) is 23.7 Å². The van der Waals surface area contributed by atoms with E-state index in [1.165, 1.54) is 7.11 Å². The van der Waals surface area contributed by atoms with E-state index in [2.05, 4.69) is 4.74 Å². The first-order valence-corrected chi connectivity index (χ1v) is 8.55. The molecule has 6 heteroatoms. The number of hydrogen-bond acceptors (Lipinski definition) is 4. The molecule has 0 saturated heterocycles. The maximum atomic E-state index is 12.3. The van der Waals surface area contributed by atoms with Crippen LogP contribution in [-0.2, 0) is 14.3 Å². The van der Waals surface area contributed by atoms with Crippen molar-refractivity contribution in [3.63, 3.8) is 0 Å². The number of amides is 1. The zero-order valence-electron chi connectivity index (χ0n) is 13.2. The summed E-state index contributed by atoms with van der Waals surface area (Å²) in [6, 6.07) is 7.64. The van der Waals surface area contributed by atoms with Gasteiger partial charge in [-0.25, -0.2) is 0 Å². The van der Waals surface area contributed by atoms with Crippen molar-refractivity contribution in [3.05, 3.63) is 29.3 Å². The molecule has 1 aromatic carbocycles. The Balaban J connectivity index is 2.46. The first-order valence-electron chi connectivity index (χ1n) is 7.19. The summed E-state index contributed by atoms with van der Waals surface area (Å²) in [6.07, 6.45) is 0.632. The Hall–Kier alpha value is -1.20. The number of methoxy groups -OCH3 is 1. The number of hydrogen-bond donors (Lipinski definition) is 0. The highest BCUT2D eigenvalue weighted by Gasteiger charge is 2.18. The van der Waals surface area contributed by atoms with Crippen molar-refractivity contribution in [2.24, 2.45) is 0 Å². The number of halogens is 1. The molecule has 1 rings (SSSR count). The van der Waals surface area contributed by atoms with Gasteiger partial charge in [0.25, 0.3) is 0 Å². The van der Waals surface area contributed by atoms with Crippen molar-refractivity contribution in [2.45, 2.75) is 37.6 Å². The molecule has 1 aromatic rings. The van der Waals surface area contributed by atoms with Crippen LogP contribution in [0.1, 0.15) is 26.7 Å². The fourth-order valence-corrected chi connectivity index (χ4v) is 3.12. The Kier molecular flexibility index (Phi) is 8.35. The van der Waals surface area contributed by atoms with Crippen LogP contribution < -0.4 is 0 Å². The molecule has 0 aliphatic rings. The van der Waals surface area contributed by atoms with E-state index in [4.69, 9.17) is 11.6 Å². The van der Waals surface area contributed by atoms with Crippen LogP contribution in [0, 0.1) is 0 Å². The Morgan fingerprint density at radius 2 is 1.95 bits per heavy atom. The zero-order chi connectivity index (χ0) is 16.5. The number of thioether (sulfide) groups is 1. The monoisotopic (exact) mass is 343 g/mol. The third-order valence-electron chi connectivity index (χ3n) is 3.14. The van der Waals surface area contributed by atoms with Crippen LogP contribution in [0.2, 0.25) is 5.02 Å². The van der Waals surface area contributed by atoms with Crippen molar-refractivity contribution in [1.82, 2.24) is 4.90 Å². The van der Waals surface area contributed by atoms with Gasteiger partial charge >= 0.3 is 5.97 Å². The Morgan fingerprint density at radius 3 is 2.55 bits per heavy atom. The molecule has 0 aromatic heterocycles. The molecular formula is C16H22ClNO3S. The lowest BCUT2D eigenvalue weighted by atomic mass is 10.2. The molecule has 0 radical (unpaired) electrons. The highest BCUT2D eigenvalue weighted by Crippen LogP contribution is 2.27. The molecule has 122 valence electrons. The average Bonchev–Trinajstić information content (AvgIpc) is 2.48. The Labute approximate surface area is 141 Å². The van der Waals surface area contributed by atoms with Gasteiger partial charge in [-0.05, 0) is 26.0 Å². The fraction of sp³-hybridized carbons (Fsp3) is 0.500. The van der Waals surface area contributed by atoms with Crippen molar-refractivity contribution in [2.75, 3.05) is 19.4 Å². The van der Waals surface area contributed by atoms with Crippen LogP contribution in [-0.4, -0.2) is 42.2 Å². The van der Waals surface area contributed by atoms with Gasteiger partial charge in [0.2, 0.25) is 5.91 Å². The number of nitrogens with zero attached hydrogens (tertiary/aromatic N) is 1. The van der Waals surface area contributed by atoms with E-state index in [-0.39, 0.29) is 24.3 Å². The molecule has 0 heterocycles. The van der Waals surface area contributed by atoms with Crippen LogP contribution in [0.5, 0.6) is 0 Å². The second-order valence-corrected chi connectivity index (χ2v) is 6.58. The number of ether oxygens (including phenoxy) is 1. The van der Waals surface area contributed by atoms with Gasteiger partial charge in [-0.1, -0.05) is 23.7 Å². The summed E-state index contributed by atoms with van der Waals surface area (Å²) in [5.74, 6) is 0.395. The lowest BCUT2D eigenvalue weighted by molar-refractivity contribution is -0.142. The first-order chi connectivity index (χ1) is 10.5. The van der Waals surface area contributed by atoms with Crippen LogP contribution in [0.4, 0.5) is 0 Å². The fourth-order valence-electron chi connectivity index (χ4n) is 1.94. The lowest BCUT2D eigenvalue weighted by Crippen LogP contribution is -2.38. The molecule has 0 bridgehead atoms. The number of carbonyl (C=O) groups is 2. The van der Waals surface area contributed by atoms with Gasteiger partial charge in [0, 0.05) is 29.7 Å². The van der Waals surface area contributed by atoms with Gasteiger partial charge in [-0.3, -0.25) is 9.59 Å². The quantitative estimate of drug-likeness (QED) is 0.534. The van der Waals surface area contributed by atoms with Crippen LogP contribution in [0.25, 0.3) is 0 Å². The van der Waals surface area contributed by atoms with E-state index in [9.17, 15) is 9.59 Å². The SMILES string of the molecule is COC(=O)CCN(C(=O)CCSc1ccccc1Cl)C(C)C. The van der Waals surface area contributed by atoms with Gasteiger partial charge in [0.1, 0.15) is 0 Å². The summed E-state index contributed by atoms with van der Waals surface area (Å²) in [7, 11) is 1.35. The molecule has 0 atom stereocenters. The first kappa shape index (κ1) is 18.8. The third kappa shape index (κ3) is 6.28. The topological polar surface area (TPSA) is 46.6 Å². The Morgan fingerprint density at radius 1 is 1.27 bits per heavy atom. The summed E-state index contributed by atoms with van der Waals surface area (Å²) in [4.78, 5) is 26.2. The van der Waals surface area contributed by atoms with Gasteiger partial charge < -0.3 is 9.64 Å². The molecular weight excluding hydrogens is 322 g/mol. The van der Waals surface area contributed by atoms with Crippen molar-refractivity contribution >= 4 is 35.2 Å². The highest BCUT2D eigenvalue weighted by molar-refractivity contribution is 7.99. The Bertz CT molecular complexity index is 508. The largest absolute Gasteiger partial charge is 0.469 e. The van der Waals surface area contributed by atoms with Crippen molar-refractivity contribution in [1.29, 1.82) is 0 Å². The van der Waals surface area contributed by atoms with Crippen LogP contribution in [0.15, 0.2) is 29.2 Å². The van der Waals surface area contributed by atoms with E-state index in [1.807, 2.05) is 38.1 Å². The molecule has 0 aliphatic carbocycles. The average molecular weight is 344 g/mol. The molecule has 0 unspecified atom stereocenters. The third-order valence-corrected chi connectivity index (χ3v) is 4.66. The number of rotatable bonds is 8. The number of esters is 1. The summed E-state index contributed by atoms with van der Waals surface area (Å²) < 4.78 is 4.62. The summed E-state index contributed by atoms with van der Waals surface area (Å²) in [6.45, 7) is 4.27. The number of carbonyl (C=O) groups excluding carboxylic acids is 2. The van der Waals surface area contributed by atoms with E-state index in [0.717, 1.165) is 4.90 Å². The minimum absolute atomic E-state index is 0.0402. The molecule has 0 spiro atoms. The summed E-state index contributed by atoms with van der Waals surface area (Å²) in [5, 5.41) is 0.700. The summed E-state index contributed by atoms with van der Waals surface area (Å²) in [5.41, 5.74) is 0. The molecule has 22 heavy (non-hydrogen) atoms. The van der Waals surface area contributed by atoms with Gasteiger partial charge in [-0.2, -0.15) is 0 Å². The molecule has 0 aliphatic heterocycles. The number of benzene rings is 1. The summed E-state index contributed by atoms with van der Waals surface area (Å²) >= 11 is 7.65. The molecule has 0 N–H and O–H groups in total. The van der Waals surface area contributed by atoms with E-state index in [1.54, 1.807) is 16.7 Å². The maximum Gasteiger partial charge on any atom is 0.307 e. The normalized spacial score (nSPS) is 10.6. The van der Waals surface area contributed by atoms with Crippen molar-refractivity contribution < 1.29 is 14.3 Å². The molecule has 4 nitrogen and oxygen atoms in total. The maximum absolute atomic E-state index is 12.3. The highest BCUT2D eigenvalue weighted by atomic mass is 35.5. The second kappa shape index (κ2) is 9.74. The standard InChI is InChI=1S/C16H22ClNO3S/c1-12(2)18(10-8-16(20)21-3)15(19)9-11-22-14-7-5-4-6-13(14)17/h4-7,12H,8-11H2,1-3H3. The predicted octanol–water partition coefficient (Wildman–Crippen LogP) is 3.62. The molecule has 1 amide bonds. The zero-order valence-corrected chi connectivity index (χ0v) is 14.7. The van der Waals surface area contributed by atoms with E-state index >= 15 is 0 Å². The van der Waals surface area contributed by atoms with Gasteiger partial charge in [-0.15, -0.1) is 11.8 Å².